The minimum Gasteiger partial charge on any atom is -0.481 e. The van der Waals surface area contributed by atoms with Gasteiger partial charge in [0.05, 0.1) is 29.9 Å². The fraction of sp³-hybridized carbons (Fsp3) is 0.371. The van der Waals surface area contributed by atoms with Crippen molar-refractivity contribution < 1.29 is 19.4 Å². The van der Waals surface area contributed by atoms with Crippen LogP contribution in [0.5, 0.6) is 0 Å². The zero-order valence-electron chi connectivity index (χ0n) is 26.3. The van der Waals surface area contributed by atoms with Crippen molar-refractivity contribution in [3.05, 3.63) is 69.3 Å². The SMILES string of the molecule is COC(=O)CCc1c(C)c2cc3[nH]c(cc4nc(cc5nc(cc1[nH]2)C(CCC(=O)O)=C5C)C(C)=C4CCBr)c(C)c3CCBr. The number of esters is 1. The Balaban J connectivity index is 1.91. The predicted molar refractivity (Wildman–Crippen MR) is 189 cm³/mol. The number of aliphatic carboxylic acids is 1. The summed E-state index contributed by atoms with van der Waals surface area (Å²) in [7, 11) is 1.40. The maximum Gasteiger partial charge on any atom is 0.305 e. The van der Waals surface area contributed by atoms with Gasteiger partial charge in [-0.1, -0.05) is 31.9 Å². The van der Waals surface area contributed by atoms with Crippen molar-refractivity contribution in [3.63, 3.8) is 0 Å². The van der Waals surface area contributed by atoms with E-state index >= 15 is 0 Å². The number of nitrogens with zero attached hydrogens (tertiary/aromatic N) is 2. The molecule has 2 aliphatic rings. The Labute approximate surface area is 279 Å². The number of nitrogens with one attached hydrogen (secondary N) is 2. The lowest BCUT2D eigenvalue weighted by Gasteiger charge is -2.03. The summed E-state index contributed by atoms with van der Waals surface area (Å²) in [5.41, 5.74) is 15.7. The molecule has 10 heteroatoms. The Morgan fingerprint density at radius 1 is 0.689 bits per heavy atom. The predicted octanol–water partition coefficient (Wildman–Crippen LogP) is 8.49. The molecule has 0 amide bonds. The zero-order valence-corrected chi connectivity index (χ0v) is 29.5. The molecule has 0 aliphatic carbocycles. The number of carbonyl (C=O) groups excluding carboxylic acids is 1. The third kappa shape index (κ3) is 6.72. The van der Waals surface area contributed by atoms with Crippen LogP contribution in [-0.4, -0.2) is 54.8 Å². The minimum atomic E-state index is -0.857. The molecule has 45 heavy (non-hydrogen) atoms. The third-order valence-corrected chi connectivity index (χ3v) is 9.68. The van der Waals surface area contributed by atoms with E-state index in [0.29, 0.717) is 18.5 Å². The molecular weight excluding hydrogens is 700 g/mol. The summed E-state index contributed by atoms with van der Waals surface area (Å²) in [4.78, 5) is 41.3. The molecule has 236 valence electrons. The normalized spacial score (nSPS) is 13.1. The van der Waals surface area contributed by atoms with Crippen molar-refractivity contribution in [3.8, 4) is 0 Å². The highest BCUT2D eigenvalue weighted by Gasteiger charge is 2.22. The number of hydrogen-bond donors (Lipinski definition) is 3. The van der Waals surface area contributed by atoms with Gasteiger partial charge in [0.1, 0.15) is 0 Å². The average molecular weight is 739 g/mol. The number of ether oxygens (including phenoxy) is 1. The number of halogens is 2. The summed E-state index contributed by atoms with van der Waals surface area (Å²) >= 11 is 7.28. The first-order valence-corrected chi connectivity index (χ1v) is 17.3. The summed E-state index contributed by atoms with van der Waals surface area (Å²) in [6.07, 6.45) is 2.76. The molecule has 8 bridgehead atoms. The quantitative estimate of drug-likeness (QED) is 0.142. The summed E-state index contributed by atoms with van der Waals surface area (Å²) in [5, 5.41) is 11.2. The smallest absolute Gasteiger partial charge is 0.305 e. The first-order chi connectivity index (χ1) is 21.6. The molecule has 0 spiro atoms. The van der Waals surface area contributed by atoms with Crippen molar-refractivity contribution in [1.82, 2.24) is 19.9 Å². The molecule has 0 aromatic carbocycles. The number of carboxylic acid groups (broad SMARTS) is 1. The first kappa shape index (κ1) is 32.9. The van der Waals surface area contributed by atoms with Crippen LogP contribution in [0.3, 0.4) is 0 Å². The highest BCUT2D eigenvalue weighted by molar-refractivity contribution is 9.09. The van der Waals surface area contributed by atoms with Gasteiger partial charge in [-0.3, -0.25) is 9.59 Å². The molecule has 0 fully saturated rings. The highest BCUT2D eigenvalue weighted by Crippen LogP contribution is 2.37. The third-order valence-electron chi connectivity index (χ3n) is 8.89. The summed E-state index contributed by atoms with van der Waals surface area (Å²) in [6.45, 7) is 8.32. The Kier molecular flexibility index (Phi) is 10.1. The lowest BCUT2D eigenvalue weighted by Crippen LogP contribution is -2.02. The van der Waals surface area contributed by atoms with Crippen molar-refractivity contribution in [1.29, 1.82) is 0 Å². The van der Waals surface area contributed by atoms with Gasteiger partial charge in [0.2, 0.25) is 0 Å². The van der Waals surface area contributed by atoms with E-state index in [1.807, 2.05) is 19.1 Å². The number of aromatic amines is 2. The number of methoxy groups -OCH3 is 1. The van der Waals surface area contributed by atoms with E-state index in [1.54, 1.807) is 0 Å². The molecule has 0 saturated carbocycles. The second kappa shape index (κ2) is 13.9. The van der Waals surface area contributed by atoms with Crippen LogP contribution in [0.15, 0.2) is 24.3 Å². The van der Waals surface area contributed by atoms with Crippen LogP contribution in [-0.2, 0) is 27.2 Å². The van der Waals surface area contributed by atoms with Crippen molar-refractivity contribution in [2.24, 2.45) is 0 Å². The van der Waals surface area contributed by atoms with Crippen molar-refractivity contribution in [2.45, 2.75) is 66.2 Å². The van der Waals surface area contributed by atoms with E-state index in [9.17, 15) is 14.7 Å². The van der Waals surface area contributed by atoms with Crippen molar-refractivity contribution in [2.75, 3.05) is 17.8 Å². The van der Waals surface area contributed by atoms with E-state index in [1.165, 1.54) is 23.8 Å². The fourth-order valence-corrected chi connectivity index (χ4v) is 7.03. The Hall–Kier alpha value is -3.50. The molecule has 0 unspecified atom stereocenters. The number of H-pyrrole nitrogens is 2. The molecule has 0 saturated heterocycles. The van der Waals surface area contributed by atoms with E-state index in [-0.39, 0.29) is 18.8 Å². The van der Waals surface area contributed by atoms with E-state index in [2.05, 4.69) is 74.7 Å². The molecule has 2 aliphatic heterocycles. The largest absolute Gasteiger partial charge is 0.481 e. The minimum absolute atomic E-state index is 0.00239. The molecule has 5 heterocycles. The maximum absolute atomic E-state index is 12.2. The number of rotatable bonds is 10. The molecule has 3 aromatic heterocycles. The summed E-state index contributed by atoms with van der Waals surface area (Å²) in [6, 6.07) is 8.31. The Morgan fingerprint density at radius 2 is 1.20 bits per heavy atom. The lowest BCUT2D eigenvalue weighted by molar-refractivity contribution is -0.140. The number of carboxylic acids is 1. The van der Waals surface area contributed by atoms with Gasteiger partial charge < -0.3 is 19.8 Å². The number of carbonyl (C=O) groups is 2. The number of alkyl halides is 2. The number of aromatic nitrogens is 4. The van der Waals surface area contributed by atoms with E-state index in [0.717, 1.165) is 90.5 Å². The number of hydrogen-bond acceptors (Lipinski definition) is 5. The molecule has 0 atom stereocenters. The molecule has 8 nitrogen and oxygen atoms in total. The second-order valence-electron chi connectivity index (χ2n) is 11.5. The van der Waals surface area contributed by atoms with Gasteiger partial charge in [-0.2, -0.15) is 0 Å². The van der Waals surface area contributed by atoms with Crippen LogP contribution in [0.4, 0.5) is 0 Å². The van der Waals surface area contributed by atoms with Crippen LogP contribution >= 0.6 is 31.9 Å². The van der Waals surface area contributed by atoms with Gasteiger partial charge in [0, 0.05) is 45.6 Å². The van der Waals surface area contributed by atoms with Gasteiger partial charge >= 0.3 is 11.9 Å². The van der Waals surface area contributed by atoms with E-state index < -0.39 is 5.97 Å². The average Bonchev–Trinajstić information content (AvgIpc) is 3.66. The lowest BCUT2D eigenvalue weighted by atomic mass is 9.99. The Bertz CT molecular complexity index is 1920. The van der Waals surface area contributed by atoms with Crippen molar-refractivity contribution >= 4 is 88.2 Å². The van der Waals surface area contributed by atoms with Gasteiger partial charge in [-0.15, -0.1) is 0 Å². The molecule has 3 aromatic rings. The van der Waals surface area contributed by atoms with Gasteiger partial charge in [-0.25, -0.2) is 9.97 Å². The maximum atomic E-state index is 12.2. The molecule has 3 N–H and O–H groups in total. The van der Waals surface area contributed by atoms with Crippen LogP contribution in [0.1, 0.15) is 84.6 Å². The van der Waals surface area contributed by atoms with Crippen LogP contribution < -0.4 is 0 Å². The molecule has 0 radical (unpaired) electrons. The monoisotopic (exact) mass is 736 g/mol. The zero-order chi connectivity index (χ0) is 32.4. The first-order valence-electron chi connectivity index (χ1n) is 15.1. The number of aryl methyl sites for hydroxylation is 4. The standard InChI is InChI=1S/C35H38Br2N4O4/c1-18-22(6-8-34(42)43)32-17-33-23(7-9-35(44)45-5)19(2)28(41-33)15-31-25(11-13-37)21(4)29(40-31)16-30-24(10-12-36)20(3)27(38-30)14-26(18)39-32/h14-17,40-41H,6-13H2,1-5H3,(H,42,43). The van der Waals surface area contributed by atoms with Crippen LogP contribution in [0, 0.1) is 13.8 Å². The van der Waals surface area contributed by atoms with Crippen LogP contribution in [0.2, 0.25) is 0 Å². The van der Waals surface area contributed by atoms with Gasteiger partial charge in [0.15, 0.2) is 0 Å². The van der Waals surface area contributed by atoms with Gasteiger partial charge in [-0.05, 0) is 122 Å². The summed E-state index contributed by atoms with van der Waals surface area (Å²) in [5.74, 6) is -1.13. The van der Waals surface area contributed by atoms with Crippen LogP contribution in [0.25, 0.3) is 44.4 Å². The Morgan fingerprint density at radius 3 is 1.76 bits per heavy atom. The molecular formula is C35H38Br2N4O4. The number of allylic oxidation sites excluding steroid dienone is 4. The topological polar surface area (TPSA) is 121 Å². The second-order valence-corrected chi connectivity index (χ2v) is 13.1. The molecule has 5 rings (SSSR count). The van der Waals surface area contributed by atoms with E-state index in [4.69, 9.17) is 14.7 Å². The summed E-state index contributed by atoms with van der Waals surface area (Å²) < 4.78 is 4.95. The van der Waals surface area contributed by atoms with Gasteiger partial charge in [0.25, 0.3) is 0 Å². The fourth-order valence-electron chi connectivity index (χ4n) is 6.24. The number of fused-ring (bicyclic) bond motifs is 8. The highest BCUT2D eigenvalue weighted by atomic mass is 79.9.